The molecule has 1 atom stereocenters. The highest BCUT2D eigenvalue weighted by Crippen LogP contribution is 2.19. The molecule has 2 aromatic rings. The van der Waals surface area contributed by atoms with Crippen LogP contribution >= 0.6 is 0 Å². The standard InChI is InChI=1S/C19H27N5O2/c1-14(2)17-11-18(23(3)22-17)21-19(25)24(13-16-5-4-10-26-16)12-15-6-8-20-9-7-15/h6-9,11,14,16H,4-5,10,12-13H2,1-3H3,(H,21,25)/t16-/m1/s1. The number of hydrogen-bond donors (Lipinski definition) is 1. The molecule has 1 N–H and O–H groups in total. The number of nitrogens with zero attached hydrogens (tertiary/aromatic N) is 4. The van der Waals surface area contributed by atoms with Gasteiger partial charge in [0.1, 0.15) is 5.82 Å². The van der Waals surface area contributed by atoms with Crippen LogP contribution in [0.3, 0.4) is 0 Å². The van der Waals surface area contributed by atoms with E-state index in [1.165, 1.54) is 0 Å². The molecule has 2 amide bonds. The SMILES string of the molecule is CC(C)c1cc(NC(=O)N(Cc2ccncc2)C[C@H]2CCCO2)n(C)n1. The summed E-state index contributed by atoms with van der Waals surface area (Å²) in [7, 11) is 1.84. The molecule has 7 heteroatoms. The van der Waals surface area contributed by atoms with Crippen LogP contribution in [0.15, 0.2) is 30.6 Å². The van der Waals surface area contributed by atoms with Crippen molar-refractivity contribution in [3.63, 3.8) is 0 Å². The summed E-state index contributed by atoms with van der Waals surface area (Å²) in [5.74, 6) is 1.01. The largest absolute Gasteiger partial charge is 0.376 e. The fourth-order valence-corrected chi connectivity index (χ4v) is 3.04. The van der Waals surface area contributed by atoms with Crippen LogP contribution in [0.4, 0.5) is 10.6 Å². The molecule has 0 aromatic carbocycles. The minimum Gasteiger partial charge on any atom is -0.376 e. The van der Waals surface area contributed by atoms with Crippen LogP contribution in [0.25, 0.3) is 0 Å². The van der Waals surface area contributed by atoms with Crippen LogP contribution < -0.4 is 5.32 Å². The summed E-state index contributed by atoms with van der Waals surface area (Å²) in [4.78, 5) is 18.8. The molecule has 0 saturated carbocycles. The van der Waals surface area contributed by atoms with Gasteiger partial charge in [0.05, 0.1) is 11.8 Å². The molecular weight excluding hydrogens is 330 g/mol. The minimum atomic E-state index is -0.143. The van der Waals surface area contributed by atoms with Gasteiger partial charge in [0.15, 0.2) is 0 Å². The summed E-state index contributed by atoms with van der Waals surface area (Å²) >= 11 is 0. The van der Waals surface area contributed by atoms with Crippen molar-refractivity contribution in [2.24, 2.45) is 7.05 Å². The number of nitrogens with one attached hydrogen (secondary N) is 1. The number of rotatable bonds is 6. The third kappa shape index (κ3) is 4.60. The zero-order valence-corrected chi connectivity index (χ0v) is 15.7. The van der Waals surface area contributed by atoms with E-state index < -0.39 is 0 Å². The van der Waals surface area contributed by atoms with Crippen molar-refractivity contribution < 1.29 is 9.53 Å². The molecule has 3 heterocycles. The molecule has 0 aliphatic carbocycles. The van der Waals surface area contributed by atoms with E-state index in [-0.39, 0.29) is 12.1 Å². The van der Waals surface area contributed by atoms with E-state index in [0.29, 0.717) is 24.8 Å². The third-order valence-electron chi connectivity index (χ3n) is 4.58. The Morgan fingerprint density at radius 1 is 1.42 bits per heavy atom. The second-order valence-electron chi connectivity index (χ2n) is 7.03. The number of anilines is 1. The van der Waals surface area contributed by atoms with Crippen molar-refractivity contribution in [3.05, 3.63) is 41.9 Å². The Bertz CT molecular complexity index is 723. The number of hydrogen-bond acceptors (Lipinski definition) is 4. The third-order valence-corrected chi connectivity index (χ3v) is 4.58. The fraction of sp³-hybridized carbons (Fsp3) is 0.526. The van der Waals surface area contributed by atoms with Gasteiger partial charge < -0.3 is 9.64 Å². The first-order valence-electron chi connectivity index (χ1n) is 9.13. The Labute approximate surface area is 154 Å². The van der Waals surface area contributed by atoms with Gasteiger partial charge in [-0.2, -0.15) is 5.10 Å². The predicted molar refractivity (Wildman–Crippen MR) is 99.9 cm³/mol. The maximum absolute atomic E-state index is 12.9. The lowest BCUT2D eigenvalue weighted by molar-refractivity contribution is 0.0819. The maximum atomic E-state index is 12.9. The lowest BCUT2D eigenvalue weighted by Gasteiger charge is -2.25. The fourth-order valence-electron chi connectivity index (χ4n) is 3.04. The lowest BCUT2D eigenvalue weighted by atomic mass is 10.1. The quantitative estimate of drug-likeness (QED) is 0.862. The Balaban J connectivity index is 1.73. The molecule has 0 unspecified atom stereocenters. The van der Waals surface area contributed by atoms with Crippen molar-refractivity contribution >= 4 is 11.8 Å². The molecular formula is C19H27N5O2. The number of carbonyl (C=O) groups is 1. The predicted octanol–water partition coefficient (Wildman–Crippen LogP) is 3.15. The van der Waals surface area contributed by atoms with Crippen molar-refractivity contribution in [3.8, 4) is 0 Å². The van der Waals surface area contributed by atoms with Gasteiger partial charge >= 0.3 is 6.03 Å². The van der Waals surface area contributed by atoms with Crippen LogP contribution in [0.1, 0.15) is 43.9 Å². The van der Waals surface area contributed by atoms with E-state index in [2.05, 4.69) is 29.2 Å². The van der Waals surface area contributed by atoms with Crippen LogP contribution in [-0.2, 0) is 18.3 Å². The van der Waals surface area contributed by atoms with Gasteiger partial charge in [-0.3, -0.25) is 15.0 Å². The average Bonchev–Trinajstić information content (AvgIpc) is 3.25. The van der Waals surface area contributed by atoms with Crippen molar-refractivity contribution in [1.82, 2.24) is 19.7 Å². The number of aromatic nitrogens is 3. The molecule has 0 radical (unpaired) electrons. The maximum Gasteiger partial charge on any atom is 0.323 e. The molecule has 2 aromatic heterocycles. The summed E-state index contributed by atoms with van der Waals surface area (Å²) in [5.41, 5.74) is 2.00. The van der Waals surface area contributed by atoms with Crippen molar-refractivity contribution in [2.45, 2.75) is 45.3 Å². The van der Waals surface area contributed by atoms with E-state index in [9.17, 15) is 4.79 Å². The Kier molecular flexibility index (Phi) is 5.88. The average molecular weight is 357 g/mol. The second kappa shape index (κ2) is 8.31. The number of aryl methyl sites for hydroxylation is 1. The normalized spacial score (nSPS) is 16.8. The van der Waals surface area contributed by atoms with Gasteiger partial charge in [-0.25, -0.2) is 4.79 Å². The first-order chi connectivity index (χ1) is 12.5. The van der Waals surface area contributed by atoms with Crippen molar-refractivity contribution in [1.29, 1.82) is 0 Å². The molecule has 0 bridgehead atoms. The van der Waals surface area contributed by atoms with Gasteiger partial charge in [0.2, 0.25) is 0 Å². The molecule has 1 aliphatic heterocycles. The van der Waals surface area contributed by atoms with Gasteiger partial charge in [-0.1, -0.05) is 13.8 Å². The summed E-state index contributed by atoms with van der Waals surface area (Å²) in [6.07, 6.45) is 5.62. The molecule has 1 fully saturated rings. The zero-order valence-electron chi connectivity index (χ0n) is 15.7. The first-order valence-corrected chi connectivity index (χ1v) is 9.13. The number of pyridine rings is 1. The smallest absolute Gasteiger partial charge is 0.323 e. The Morgan fingerprint density at radius 2 is 2.19 bits per heavy atom. The monoisotopic (exact) mass is 357 g/mol. The van der Waals surface area contributed by atoms with E-state index >= 15 is 0 Å². The molecule has 26 heavy (non-hydrogen) atoms. The summed E-state index contributed by atoms with van der Waals surface area (Å²) in [6.45, 7) is 6.03. The minimum absolute atomic E-state index is 0.0975. The number of urea groups is 1. The molecule has 140 valence electrons. The van der Waals surface area contributed by atoms with E-state index in [1.54, 1.807) is 22.0 Å². The molecule has 1 aliphatic rings. The van der Waals surface area contributed by atoms with Crippen LogP contribution in [0.5, 0.6) is 0 Å². The molecule has 3 rings (SSSR count). The number of carbonyl (C=O) groups excluding carboxylic acids is 1. The van der Waals surface area contributed by atoms with E-state index in [0.717, 1.165) is 30.7 Å². The second-order valence-corrected chi connectivity index (χ2v) is 7.03. The van der Waals surface area contributed by atoms with Crippen LogP contribution in [-0.4, -0.2) is 45.0 Å². The Hall–Kier alpha value is -2.41. The highest BCUT2D eigenvalue weighted by molar-refractivity contribution is 5.88. The van der Waals surface area contributed by atoms with Gasteiger partial charge in [-0.05, 0) is 36.5 Å². The first kappa shape index (κ1) is 18.4. The highest BCUT2D eigenvalue weighted by atomic mass is 16.5. The number of ether oxygens (including phenoxy) is 1. The molecule has 0 spiro atoms. The molecule has 7 nitrogen and oxygen atoms in total. The van der Waals surface area contributed by atoms with Gasteiger partial charge in [-0.15, -0.1) is 0 Å². The van der Waals surface area contributed by atoms with Crippen LogP contribution in [0.2, 0.25) is 0 Å². The van der Waals surface area contributed by atoms with Gasteiger partial charge in [0.25, 0.3) is 0 Å². The number of amides is 2. The summed E-state index contributed by atoms with van der Waals surface area (Å²) < 4.78 is 7.44. The van der Waals surface area contributed by atoms with Crippen LogP contribution in [0, 0.1) is 0 Å². The summed E-state index contributed by atoms with van der Waals surface area (Å²) in [5, 5.41) is 7.46. The van der Waals surface area contributed by atoms with Gasteiger partial charge in [0, 0.05) is 45.2 Å². The van der Waals surface area contributed by atoms with Crippen molar-refractivity contribution in [2.75, 3.05) is 18.5 Å². The van der Waals surface area contributed by atoms with E-state index in [1.807, 2.05) is 25.2 Å². The topological polar surface area (TPSA) is 72.3 Å². The Morgan fingerprint density at radius 3 is 2.81 bits per heavy atom. The lowest BCUT2D eigenvalue weighted by Crippen LogP contribution is -2.40. The highest BCUT2D eigenvalue weighted by Gasteiger charge is 2.23. The molecule has 1 saturated heterocycles. The zero-order chi connectivity index (χ0) is 18.5. The van der Waals surface area contributed by atoms with E-state index in [4.69, 9.17) is 4.74 Å². The summed E-state index contributed by atoms with van der Waals surface area (Å²) in [6, 6.07) is 5.64.